The van der Waals surface area contributed by atoms with Crippen LogP contribution in [0, 0.1) is 0 Å². The van der Waals surface area contributed by atoms with E-state index in [1.165, 1.54) is 11.3 Å². The molecule has 0 bridgehead atoms. The van der Waals surface area contributed by atoms with Crippen molar-refractivity contribution in [1.29, 1.82) is 0 Å². The summed E-state index contributed by atoms with van der Waals surface area (Å²) >= 11 is 1.49. The number of fused-ring (bicyclic) bond motifs is 1. The van der Waals surface area contributed by atoms with Crippen LogP contribution in [0.25, 0.3) is 0 Å². The number of sulfone groups is 1. The van der Waals surface area contributed by atoms with Crippen LogP contribution in [0.1, 0.15) is 29.3 Å². The first-order chi connectivity index (χ1) is 9.37. The van der Waals surface area contributed by atoms with Gasteiger partial charge < -0.3 is 10.0 Å². The van der Waals surface area contributed by atoms with Crippen LogP contribution in [0.2, 0.25) is 0 Å². The molecule has 1 aliphatic heterocycles. The molecule has 0 aromatic carbocycles. The fourth-order valence-electron chi connectivity index (χ4n) is 2.84. The van der Waals surface area contributed by atoms with Gasteiger partial charge in [-0.3, -0.25) is 4.79 Å². The Kier molecular flexibility index (Phi) is 3.24. The first kappa shape index (κ1) is 13.8. The van der Waals surface area contributed by atoms with Gasteiger partial charge in [0.1, 0.15) is 5.92 Å². The number of rotatable bonds is 3. The molecule has 1 aromatic rings. The Morgan fingerprint density at radius 1 is 1.45 bits per heavy atom. The normalized spacial score (nSPS) is 27.4. The first-order valence-electron chi connectivity index (χ1n) is 6.53. The van der Waals surface area contributed by atoms with Crippen LogP contribution in [0.15, 0.2) is 0 Å². The van der Waals surface area contributed by atoms with Crippen LogP contribution in [-0.2, 0) is 21.1 Å². The van der Waals surface area contributed by atoms with Gasteiger partial charge in [0.05, 0.1) is 17.2 Å². The summed E-state index contributed by atoms with van der Waals surface area (Å²) in [4.78, 5) is 18.5. The summed E-state index contributed by atoms with van der Waals surface area (Å²) in [5, 5.41) is 9.90. The van der Waals surface area contributed by atoms with Gasteiger partial charge in [-0.15, -0.1) is 11.3 Å². The van der Waals surface area contributed by atoms with Gasteiger partial charge in [-0.25, -0.2) is 13.4 Å². The molecule has 0 radical (unpaired) electrons. The monoisotopic (exact) mass is 316 g/mol. The lowest BCUT2D eigenvalue weighted by atomic mass is 10.1. The molecular weight excluding hydrogens is 300 g/mol. The van der Waals surface area contributed by atoms with Crippen molar-refractivity contribution in [3.8, 4) is 0 Å². The van der Waals surface area contributed by atoms with Crippen molar-refractivity contribution in [1.82, 2.24) is 4.98 Å². The first-order valence-corrected chi connectivity index (χ1v) is 9.17. The highest BCUT2D eigenvalue weighted by molar-refractivity contribution is 7.91. The molecule has 0 spiro atoms. The van der Waals surface area contributed by atoms with Gasteiger partial charge in [-0.1, -0.05) is 0 Å². The highest BCUT2D eigenvalue weighted by Crippen LogP contribution is 2.40. The zero-order valence-electron chi connectivity index (χ0n) is 11.1. The molecule has 2 unspecified atom stereocenters. The summed E-state index contributed by atoms with van der Waals surface area (Å²) in [5.41, 5.74) is 0.671. The lowest BCUT2D eigenvalue weighted by Gasteiger charge is -2.22. The largest absolute Gasteiger partial charge is 0.481 e. The number of nitrogens with zero attached hydrogens (tertiary/aromatic N) is 2. The van der Waals surface area contributed by atoms with Crippen molar-refractivity contribution in [2.45, 2.75) is 31.2 Å². The Morgan fingerprint density at radius 3 is 2.80 bits per heavy atom. The summed E-state index contributed by atoms with van der Waals surface area (Å²) in [6, 6.07) is -0.0467. The van der Waals surface area contributed by atoms with Crippen LogP contribution in [0.4, 0.5) is 5.13 Å². The van der Waals surface area contributed by atoms with Gasteiger partial charge >= 0.3 is 5.97 Å². The lowest BCUT2D eigenvalue weighted by Crippen LogP contribution is -2.32. The van der Waals surface area contributed by atoms with E-state index in [4.69, 9.17) is 5.11 Å². The Hall–Kier alpha value is -1.15. The summed E-state index contributed by atoms with van der Waals surface area (Å²) in [6.45, 7) is 0. The summed E-state index contributed by atoms with van der Waals surface area (Å²) < 4.78 is 23.1. The van der Waals surface area contributed by atoms with E-state index < -0.39 is 21.7 Å². The molecule has 20 heavy (non-hydrogen) atoms. The van der Waals surface area contributed by atoms with E-state index in [2.05, 4.69) is 4.98 Å². The minimum Gasteiger partial charge on any atom is -0.481 e. The number of aromatic nitrogens is 1. The molecule has 1 aromatic heterocycles. The number of carboxylic acids is 1. The molecule has 1 fully saturated rings. The van der Waals surface area contributed by atoms with E-state index in [1.807, 2.05) is 11.9 Å². The minimum atomic E-state index is -2.93. The second-order valence-corrected chi connectivity index (χ2v) is 8.69. The fraction of sp³-hybridized carbons (Fsp3) is 0.667. The Bertz CT molecular complexity index is 652. The topological polar surface area (TPSA) is 87.6 Å². The Labute approximate surface area is 121 Å². The van der Waals surface area contributed by atoms with Crippen LogP contribution < -0.4 is 4.90 Å². The standard InChI is InChI=1S/C12H16N2O4S2/c1-14(7-4-5-20(17,18)6-7)12-13-10-8(11(15)16)2-3-9(10)19-12/h7-8H,2-6H2,1H3,(H,15,16). The van der Waals surface area contributed by atoms with E-state index in [0.717, 1.165) is 16.4 Å². The second kappa shape index (κ2) is 4.70. The maximum Gasteiger partial charge on any atom is 0.312 e. The lowest BCUT2D eigenvalue weighted by molar-refractivity contribution is -0.138. The predicted molar refractivity (Wildman–Crippen MR) is 76.3 cm³/mol. The molecule has 1 saturated heterocycles. The number of hydrogen-bond acceptors (Lipinski definition) is 6. The molecule has 1 aliphatic carbocycles. The average molecular weight is 316 g/mol. The number of aliphatic carboxylic acids is 1. The minimum absolute atomic E-state index is 0.0467. The zero-order chi connectivity index (χ0) is 14.5. The Balaban J connectivity index is 1.83. The number of anilines is 1. The van der Waals surface area contributed by atoms with E-state index in [-0.39, 0.29) is 17.5 Å². The molecule has 1 N–H and O–H groups in total. The molecule has 0 amide bonds. The van der Waals surface area contributed by atoms with Crippen molar-refractivity contribution in [2.75, 3.05) is 23.5 Å². The molecular formula is C12H16N2O4S2. The average Bonchev–Trinajstić information content (AvgIpc) is 2.99. The van der Waals surface area contributed by atoms with E-state index in [0.29, 0.717) is 18.5 Å². The van der Waals surface area contributed by atoms with Gasteiger partial charge in [-0.05, 0) is 19.3 Å². The number of aryl methyl sites for hydroxylation is 1. The SMILES string of the molecule is CN(c1nc2c(s1)CCC2C(=O)O)C1CCS(=O)(=O)C1. The van der Waals surface area contributed by atoms with E-state index in [1.54, 1.807) is 0 Å². The maximum absolute atomic E-state index is 11.5. The molecule has 6 nitrogen and oxygen atoms in total. The molecule has 3 rings (SSSR count). The molecule has 8 heteroatoms. The molecule has 110 valence electrons. The van der Waals surface area contributed by atoms with E-state index in [9.17, 15) is 13.2 Å². The highest BCUT2D eigenvalue weighted by atomic mass is 32.2. The molecule has 0 saturated carbocycles. The zero-order valence-corrected chi connectivity index (χ0v) is 12.7. The molecule has 2 atom stereocenters. The number of carboxylic acid groups (broad SMARTS) is 1. The van der Waals surface area contributed by atoms with Crippen LogP contribution in [0.3, 0.4) is 0 Å². The van der Waals surface area contributed by atoms with Gasteiger partial charge in [0, 0.05) is 18.0 Å². The third-order valence-electron chi connectivity index (χ3n) is 4.06. The van der Waals surface area contributed by atoms with Crippen molar-refractivity contribution >= 4 is 32.3 Å². The Morgan fingerprint density at radius 2 is 2.20 bits per heavy atom. The van der Waals surface area contributed by atoms with Crippen LogP contribution >= 0.6 is 11.3 Å². The van der Waals surface area contributed by atoms with E-state index >= 15 is 0 Å². The van der Waals surface area contributed by atoms with Gasteiger partial charge in [0.25, 0.3) is 0 Å². The summed E-state index contributed by atoms with van der Waals surface area (Å²) in [6.07, 6.45) is 1.98. The molecule has 2 aliphatic rings. The van der Waals surface area contributed by atoms with Crippen molar-refractivity contribution in [3.63, 3.8) is 0 Å². The third-order valence-corrected chi connectivity index (χ3v) is 7.03. The van der Waals surface area contributed by atoms with Gasteiger partial charge in [0.15, 0.2) is 15.0 Å². The number of carbonyl (C=O) groups is 1. The van der Waals surface area contributed by atoms with Gasteiger partial charge in [0.2, 0.25) is 0 Å². The fourth-order valence-corrected chi connectivity index (χ4v) is 5.79. The predicted octanol–water partition coefficient (Wildman–Crippen LogP) is 0.881. The van der Waals surface area contributed by atoms with Crippen molar-refractivity contribution < 1.29 is 18.3 Å². The third kappa shape index (κ3) is 2.31. The van der Waals surface area contributed by atoms with Crippen molar-refractivity contribution in [3.05, 3.63) is 10.6 Å². The molecule has 2 heterocycles. The number of hydrogen-bond donors (Lipinski definition) is 1. The summed E-state index contributed by atoms with van der Waals surface area (Å²) in [5.74, 6) is -0.941. The van der Waals surface area contributed by atoms with Crippen molar-refractivity contribution in [2.24, 2.45) is 0 Å². The van der Waals surface area contributed by atoms with Crippen LogP contribution in [-0.4, -0.2) is 49.1 Å². The smallest absolute Gasteiger partial charge is 0.312 e. The quantitative estimate of drug-likeness (QED) is 0.891. The summed E-state index contributed by atoms with van der Waals surface area (Å²) in [7, 11) is -1.08. The van der Waals surface area contributed by atoms with Crippen LogP contribution in [0.5, 0.6) is 0 Å². The maximum atomic E-state index is 11.5. The highest BCUT2D eigenvalue weighted by Gasteiger charge is 2.36. The van der Waals surface area contributed by atoms with Gasteiger partial charge in [-0.2, -0.15) is 0 Å². The number of thiazole rings is 1. The second-order valence-electron chi connectivity index (χ2n) is 5.40.